The van der Waals surface area contributed by atoms with Gasteiger partial charge in [-0.25, -0.2) is 0 Å². The molecular formula is C30H38BrNO6. The van der Waals surface area contributed by atoms with Gasteiger partial charge >= 0.3 is 5.97 Å². The first kappa shape index (κ1) is 28.4. The topological polar surface area (TPSA) is 93.1 Å². The molecule has 0 saturated carbocycles. The molecule has 3 aliphatic rings. The molecule has 8 heteroatoms. The minimum absolute atomic E-state index is 0.00663. The van der Waals surface area contributed by atoms with Crippen LogP contribution in [0.15, 0.2) is 39.1 Å². The van der Waals surface area contributed by atoms with Gasteiger partial charge in [0, 0.05) is 47.8 Å². The lowest BCUT2D eigenvalue weighted by Crippen LogP contribution is -2.45. The SMILES string of the molecule is CCCOc1c(Br)cc(C2C3=C(CC(C)(C)CC3=O)N(CCC(=O)O)C3=C2C(=O)CC(C)(C)C3)cc1OC. The predicted octanol–water partition coefficient (Wildman–Crippen LogP) is 6.41. The average molecular weight is 589 g/mol. The summed E-state index contributed by atoms with van der Waals surface area (Å²) in [4.78, 5) is 41.4. The third-order valence-electron chi connectivity index (χ3n) is 7.61. The zero-order valence-electron chi connectivity index (χ0n) is 23.2. The lowest BCUT2D eigenvalue weighted by molar-refractivity contribution is -0.137. The molecule has 206 valence electrons. The van der Waals surface area contributed by atoms with Gasteiger partial charge in [-0.05, 0) is 63.7 Å². The predicted molar refractivity (Wildman–Crippen MR) is 148 cm³/mol. The first-order chi connectivity index (χ1) is 17.8. The number of methoxy groups -OCH3 is 1. The zero-order valence-corrected chi connectivity index (χ0v) is 24.8. The highest BCUT2D eigenvalue weighted by Crippen LogP contribution is 2.55. The van der Waals surface area contributed by atoms with E-state index in [0.717, 1.165) is 23.4 Å². The molecule has 0 fully saturated rings. The van der Waals surface area contributed by atoms with Crippen LogP contribution in [0.5, 0.6) is 11.5 Å². The monoisotopic (exact) mass is 587 g/mol. The number of allylic oxidation sites excluding steroid dienone is 4. The number of carbonyl (C=O) groups excluding carboxylic acids is 2. The normalized spacial score (nSPS) is 20.9. The van der Waals surface area contributed by atoms with Crippen LogP contribution in [0.2, 0.25) is 0 Å². The first-order valence-electron chi connectivity index (χ1n) is 13.3. The molecule has 0 radical (unpaired) electrons. The molecule has 0 atom stereocenters. The van der Waals surface area contributed by atoms with Gasteiger partial charge in [0.1, 0.15) is 0 Å². The Morgan fingerprint density at radius 1 is 1.03 bits per heavy atom. The van der Waals surface area contributed by atoms with Crippen molar-refractivity contribution >= 4 is 33.5 Å². The molecule has 38 heavy (non-hydrogen) atoms. The number of benzene rings is 1. The highest BCUT2D eigenvalue weighted by molar-refractivity contribution is 9.10. The van der Waals surface area contributed by atoms with Crippen LogP contribution < -0.4 is 9.47 Å². The van der Waals surface area contributed by atoms with Gasteiger partial charge in [0.2, 0.25) is 0 Å². The number of nitrogens with zero attached hydrogens (tertiary/aromatic N) is 1. The van der Waals surface area contributed by atoms with Crippen molar-refractivity contribution in [3.8, 4) is 11.5 Å². The molecule has 0 saturated heterocycles. The maximum absolute atomic E-state index is 13.9. The minimum Gasteiger partial charge on any atom is -0.493 e. The molecule has 0 amide bonds. The lowest BCUT2D eigenvalue weighted by Gasteiger charge is -2.49. The lowest BCUT2D eigenvalue weighted by atomic mass is 9.63. The Kier molecular flexibility index (Phi) is 7.86. The van der Waals surface area contributed by atoms with Crippen LogP contribution in [0.4, 0.5) is 0 Å². The summed E-state index contributed by atoms with van der Waals surface area (Å²) in [7, 11) is 1.58. The highest BCUT2D eigenvalue weighted by atomic mass is 79.9. The van der Waals surface area contributed by atoms with E-state index in [2.05, 4.69) is 43.6 Å². The fourth-order valence-corrected chi connectivity index (χ4v) is 6.68. The summed E-state index contributed by atoms with van der Waals surface area (Å²) >= 11 is 3.65. The van der Waals surface area contributed by atoms with E-state index in [1.165, 1.54) is 0 Å². The number of aliphatic carboxylic acids is 1. The Bertz CT molecular complexity index is 1190. The molecule has 1 aliphatic heterocycles. The van der Waals surface area contributed by atoms with Gasteiger partial charge in [0.05, 0.1) is 24.6 Å². The molecule has 0 unspecified atom stereocenters. The molecule has 1 N–H and O–H groups in total. The zero-order chi connectivity index (χ0) is 28.0. The van der Waals surface area contributed by atoms with E-state index in [-0.39, 0.29) is 35.4 Å². The molecule has 2 aliphatic carbocycles. The average Bonchev–Trinajstić information content (AvgIpc) is 2.79. The molecule has 7 nitrogen and oxygen atoms in total. The molecule has 0 aromatic heterocycles. The summed E-state index contributed by atoms with van der Waals surface area (Å²) < 4.78 is 12.3. The third-order valence-corrected chi connectivity index (χ3v) is 8.20. The standard InChI is InChI=1S/C30H38BrNO6/c1-7-10-38-28-18(31)11-17(12-23(28)37-6)25-26-19(13-29(2,3)15-21(26)33)32(9-8-24(35)36)20-14-30(4,5)16-22(34)27(20)25/h11-12,25H,7-10,13-16H2,1-6H3,(H,35,36). The van der Waals surface area contributed by atoms with Crippen LogP contribution in [0.1, 0.15) is 84.6 Å². The molecule has 1 heterocycles. The van der Waals surface area contributed by atoms with E-state index in [1.54, 1.807) is 7.11 Å². The van der Waals surface area contributed by atoms with E-state index in [1.807, 2.05) is 24.0 Å². The Labute approximate surface area is 233 Å². The van der Waals surface area contributed by atoms with Crippen LogP contribution in [-0.4, -0.2) is 47.8 Å². The van der Waals surface area contributed by atoms with Crippen LogP contribution >= 0.6 is 15.9 Å². The number of hydrogen-bond donors (Lipinski definition) is 1. The summed E-state index contributed by atoms with van der Waals surface area (Å²) in [5.74, 6) is -0.311. The second-order valence-electron chi connectivity index (χ2n) is 12.2. The number of carbonyl (C=O) groups is 3. The van der Waals surface area contributed by atoms with Gasteiger partial charge in [0.15, 0.2) is 23.1 Å². The Hall–Kier alpha value is -2.61. The third kappa shape index (κ3) is 5.42. The van der Waals surface area contributed by atoms with Gasteiger partial charge in [-0.15, -0.1) is 0 Å². The van der Waals surface area contributed by atoms with E-state index in [4.69, 9.17) is 9.47 Å². The van der Waals surface area contributed by atoms with E-state index in [0.29, 0.717) is 59.4 Å². The Balaban J connectivity index is 1.98. The van der Waals surface area contributed by atoms with Gasteiger partial charge in [0.25, 0.3) is 0 Å². The second-order valence-corrected chi connectivity index (χ2v) is 13.1. The van der Waals surface area contributed by atoms with Crippen molar-refractivity contribution in [3.63, 3.8) is 0 Å². The number of Topliss-reactive ketones (excluding diaryl/α,β-unsaturated/α-hetero) is 2. The molecule has 1 aromatic carbocycles. The number of hydrogen-bond acceptors (Lipinski definition) is 6. The summed E-state index contributed by atoms with van der Waals surface area (Å²) in [5, 5.41) is 9.53. The molecule has 0 bridgehead atoms. The van der Waals surface area contributed by atoms with Crippen molar-refractivity contribution in [3.05, 3.63) is 44.7 Å². The van der Waals surface area contributed by atoms with Crippen molar-refractivity contribution in [2.75, 3.05) is 20.3 Å². The summed E-state index contributed by atoms with van der Waals surface area (Å²) in [6.07, 6.45) is 2.76. The smallest absolute Gasteiger partial charge is 0.305 e. The second kappa shape index (κ2) is 10.5. The molecule has 1 aromatic rings. The fraction of sp³-hybridized carbons (Fsp3) is 0.567. The molecule has 4 rings (SSSR count). The van der Waals surface area contributed by atoms with Gasteiger partial charge in [-0.3, -0.25) is 14.4 Å². The Morgan fingerprint density at radius 3 is 2.05 bits per heavy atom. The molecule has 0 spiro atoms. The van der Waals surface area contributed by atoms with Crippen LogP contribution in [-0.2, 0) is 14.4 Å². The summed E-state index contributed by atoms with van der Waals surface area (Å²) in [6, 6.07) is 3.81. The van der Waals surface area contributed by atoms with E-state index < -0.39 is 11.9 Å². The number of ketones is 2. The maximum Gasteiger partial charge on any atom is 0.305 e. The van der Waals surface area contributed by atoms with Gasteiger partial charge in [-0.2, -0.15) is 0 Å². The summed E-state index contributed by atoms with van der Waals surface area (Å²) in [6.45, 7) is 11.1. The Morgan fingerprint density at radius 2 is 1.58 bits per heavy atom. The van der Waals surface area contributed by atoms with Crippen molar-refractivity contribution in [1.82, 2.24) is 4.90 Å². The maximum atomic E-state index is 13.9. The van der Waals surface area contributed by atoms with Crippen LogP contribution in [0, 0.1) is 10.8 Å². The van der Waals surface area contributed by atoms with Gasteiger partial charge in [-0.1, -0.05) is 34.6 Å². The van der Waals surface area contributed by atoms with Crippen molar-refractivity contribution < 1.29 is 29.0 Å². The number of ether oxygens (including phenoxy) is 2. The summed E-state index contributed by atoms with van der Waals surface area (Å²) in [5.41, 5.74) is 3.16. The number of rotatable bonds is 8. The highest BCUT2D eigenvalue weighted by Gasteiger charge is 2.49. The van der Waals surface area contributed by atoms with Gasteiger partial charge < -0.3 is 19.5 Å². The van der Waals surface area contributed by atoms with Crippen LogP contribution in [0.3, 0.4) is 0 Å². The van der Waals surface area contributed by atoms with Crippen molar-refractivity contribution in [1.29, 1.82) is 0 Å². The largest absolute Gasteiger partial charge is 0.493 e. The van der Waals surface area contributed by atoms with E-state index >= 15 is 0 Å². The number of halogens is 1. The van der Waals surface area contributed by atoms with E-state index in [9.17, 15) is 19.5 Å². The fourth-order valence-electron chi connectivity index (χ4n) is 6.11. The number of carboxylic acid groups (broad SMARTS) is 1. The quantitative estimate of drug-likeness (QED) is 0.375. The van der Waals surface area contributed by atoms with Crippen molar-refractivity contribution in [2.24, 2.45) is 10.8 Å². The minimum atomic E-state index is -0.907. The van der Waals surface area contributed by atoms with Crippen molar-refractivity contribution in [2.45, 2.75) is 79.1 Å². The number of carboxylic acids is 1. The first-order valence-corrected chi connectivity index (χ1v) is 14.1. The van der Waals surface area contributed by atoms with Crippen LogP contribution in [0.25, 0.3) is 0 Å². The molecular weight excluding hydrogens is 550 g/mol.